The van der Waals surface area contributed by atoms with Crippen LogP contribution in [0.1, 0.15) is 6.92 Å². The second kappa shape index (κ2) is 4.07. The van der Waals surface area contributed by atoms with Crippen LogP contribution in [-0.2, 0) is 0 Å². The Bertz CT molecular complexity index is 224. The quantitative estimate of drug-likeness (QED) is 0.439. The van der Waals surface area contributed by atoms with E-state index in [1.54, 1.807) is 0 Å². The lowest BCUT2D eigenvalue weighted by atomic mass is 10.2. The number of hydrogen-bond acceptors (Lipinski definition) is 4. The van der Waals surface area contributed by atoms with Gasteiger partial charge in [0.25, 0.3) is 0 Å². The molecule has 72 valence electrons. The molecule has 2 aliphatic rings. The minimum Gasteiger partial charge on any atom is -0.314 e. The van der Waals surface area contributed by atoms with Crippen LogP contribution in [-0.4, -0.2) is 43.3 Å². The topological polar surface area (TPSA) is 39.3 Å². The monoisotopic (exact) mass is 180 g/mol. The van der Waals surface area contributed by atoms with Crippen LogP contribution in [0.15, 0.2) is 0 Å². The van der Waals surface area contributed by atoms with E-state index in [2.05, 4.69) is 32.9 Å². The molecule has 0 bridgehead atoms. The van der Waals surface area contributed by atoms with Crippen LogP contribution < -0.4 is 16.2 Å². The number of hydrazine groups is 1. The van der Waals surface area contributed by atoms with Crippen molar-refractivity contribution < 1.29 is 0 Å². The summed E-state index contributed by atoms with van der Waals surface area (Å²) in [7, 11) is 0. The molecule has 2 rings (SSSR count). The molecule has 13 heavy (non-hydrogen) atoms. The zero-order valence-corrected chi connectivity index (χ0v) is 7.93. The third-order valence-electron chi connectivity index (χ3n) is 2.39. The van der Waals surface area contributed by atoms with Gasteiger partial charge in [-0.2, -0.15) is 0 Å². The van der Waals surface area contributed by atoms with E-state index in [0.29, 0.717) is 0 Å². The highest BCUT2D eigenvalue weighted by atomic mass is 15.5. The summed E-state index contributed by atoms with van der Waals surface area (Å²) in [5.74, 6) is 6.36. The van der Waals surface area contributed by atoms with Gasteiger partial charge in [-0.15, -0.1) is 0 Å². The fourth-order valence-corrected chi connectivity index (χ4v) is 1.60. The van der Waals surface area contributed by atoms with Gasteiger partial charge in [-0.3, -0.25) is 4.90 Å². The maximum Gasteiger partial charge on any atom is 0.136 e. The van der Waals surface area contributed by atoms with E-state index < -0.39 is 0 Å². The molecule has 3 N–H and O–H groups in total. The lowest BCUT2D eigenvalue weighted by Gasteiger charge is -2.34. The molecule has 0 saturated carbocycles. The summed E-state index contributed by atoms with van der Waals surface area (Å²) in [6.07, 6.45) is 0.193. The number of hydrogen-bond donors (Lipinski definition) is 3. The first-order valence-corrected chi connectivity index (χ1v) is 4.83. The van der Waals surface area contributed by atoms with Gasteiger partial charge in [-0.1, -0.05) is 11.8 Å². The molecule has 2 unspecified atom stereocenters. The number of piperazine rings is 1. The van der Waals surface area contributed by atoms with Crippen LogP contribution in [0, 0.1) is 11.8 Å². The summed E-state index contributed by atoms with van der Waals surface area (Å²) in [6, 6.07) is 0.263. The highest BCUT2D eigenvalue weighted by Gasteiger charge is 2.20. The summed E-state index contributed by atoms with van der Waals surface area (Å²) in [4.78, 5) is 2.35. The molecule has 0 aromatic rings. The minimum atomic E-state index is 0.193. The summed E-state index contributed by atoms with van der Waals surface area (Å²) < 4.78 is 0. The molecule has 0 aromatic carbocycles. The average molecular weight is 180 g/mol. The molecule has 1 saturated heterocycles. The minimum absolute atomic E-state index is 0.193. The molecule has 2 aliphatic heterocycles. The van der Waals surface area contributed by atoms with E-state index in [9.17, 15) is 0 Å². The first-order chi connectivity index (χ1) is 6.36. The Labute approximate surface area is 79.0 Å². The molecule has 2 atom stereocenters. The number of nitrogens with zero attached hydrogens (tertiary/aromatic N) is 1. The lowest BCUT2D eigenvalue weighted by Crippen LogP contribution is -2.59. The van der Waals surface area contributed by atoms with Crippen molar-refractivity contribution in [2.24, 2.45) is 0 Å². The van der Waals surface area contributed by atoms with E-state index in [0.717, 1.165) is 26.2 Å². The van der Waals surface area contributed by atoms with Crippen molar-refractivity contribution >= 4 is 0 Å². The first kappa shape index (κ1) is 8.97. The molecule has 0 spiro atoms. The molecule has 0 radical (unpaired) electrons. The van der Waals surface area contributed by atoms with Crippen LogP contribution in [0.2, 0.25) is 0 Å². The summed E-state index contributed by atoms with van der Waals surface area (Å²) >= 11 is 0. The van der Waals surface area contributed by atoms with E-state index in [1.165, 1.54) is 0 Å². The van der Waals surface area contributed by atoms with Crippen molar-refractivity contribution in [3.63, 3.8) is 0 Å². The van der Waals surface area contributed by atoms with Crippen LogP contribution in [0.4, 0.5) is 0 Å². The van der Waals surface area contributed by atoms with Crippen molar-refractivity contribution in [1.82, 2.24) is 21.1 Å². The molecule has 0 aliphatic carbocycles. The van der Waals surface area contributed by atoms with Gasteiger partial charge >= 0.3 is 0 Å². The summed E-state index contributed by atoms with van der Waals surface area (Å²) in [5, 5.41) is 3.32. The van der Waals surface area contributed by atoms with Crippen molar-refractivity contribution in [1.29, 1.82) is 0 Å². The smallest absolute Gasteiger partial charge is 0.136 e. The van der Waals surface area contributed by atoms with Gasteiger partial charge in [0.1, 0.15) is 6.17 Å². The van der Waals surface area contributed by atoms with Gasteiger partial charge in [0.15, 0.2) is 0 Å². The maximum atomic E-state index is 3.32. The Morgan fingerprint density at radius 1 is 1.15 bits per heavy atom. The van der Waals surface area contributed by atoms with Crippen LogP contribution in [0.25, 0.3) is 0 Å². The normalized spacial score (nSPS) is 35.2. The number of nitrogens with one attached hydrogen (secondary N) is 3. The van der Waals surface area contributed by atoms with Crippen LogP contribution in [0.3, 0.4) is 0 Å². The zero-order valence-electron chi connectivity index (χ0n) is 7.93. The number of rotatable bonds is 1. The predicted molar refractivity (Wildman–Crippen MR) is 51.7 cm³/mol. The van der Waals surface area contributed by atoms with Gasteiger partial charge in [-0.25, -0.2) is 10.9 Å². The maximum absolute atomic E-state index is 3.32. The van der Waals surface area contributed by atoms with E-state index in [1.807, 2.05) is 6.92 Å². The molecule has 1 fully saturated rings. The second-order valence-electron chi connectivity index (χ2n) is 3.49. The third-order valence-corrected chi connectivity index (χ3v) is 2.39. The average Bonchev–Trinajstić information content (AvgIpc) is 2.20. The van der Waals surface area contributed by atoms with Gasteiger partial charge < -0.3 is 5.32 Å². The van der Waals surface area contributed by atoms with Gasteiger partial charge in [0.2, 0.25) is 0 Å². The highest BCUT2D eigenvalue weighted by Crippen LogP contribution is 1.99. The fourth-order valence-electron chi connectivity index (χ4n) is 1.60. The van der Waals surface area contributed by atoms with Crippen LogP contribution >= 0.6 is 0 Å². The Balaban J connectivity index is 1.92. The van der Waals surface area contributed by atoms with Gasteiger partial charge in [0, 0.05) is 26.2 Å². The summed E-state index contributed by atoms with van der Waals surface area (Å²) in [6.45, 7) is 6.32. The Kier molecular flexibility index (Phi) is 2.81. The molecule has 0 amide bonds. The first-order valence-electron chi connectivity index (χ1n) is 4.83. The second-order valence-corrected chi connectivity index (χ2v) is 3.49. The summed E-state index contributed by atoms with van der Waals surface area (Å²) in [5.41, 5.74) is 6.36. The SMILES string of the molecule is CC1C#CC(N2CCNCC2)NN1. The van der Waals surface area contributed by atoms with E-state index >= 15 is 0 Å². The van der Waals surface area contributed by atoms with Crippen LogP contribution in [0.5, 0.6) is 0 Å². The fraction of sp³-hybridized carbons (Fsp3) is 0.778. The van der Waals surface area contributed by atoms with E-state index in [4.69, 9.17) is 0 Å². The van der Waals surface area contributed by atoms with Crippen molar-refractivity contribution in [2.45, 2.75) is 19.1 Å². The third kappa shape index (κ3) is 2.20. The largest absolute Gasteiger partial charge is 0.314 e. The van der Waals surface area contributed by atoms with Gasteiger partial charge in [0.05, 0.1) is 6.04 Å². The van der Waals surface area contributed by atoms with E-state index in [-0.39, 0.29) is 12.2 Å². The molecule has 2 heterocycles. The molecule has 0 aromatic heterocycles. The van der Waals surface area contributed by atoms with Crippen molar-refractivity contribution in [3.05, 3.63) is 0 Å². The van der Waals surface area contributed by atoms with Gasteiger partial charge in [-0.05, 0) is 6.92 Å². The Hall–Kier alpha value is -0.600. The molecular weight excluding hydrogens is 164 g/mol. The lowest BCUT2D eigenvalue weighted by molar-refractivity contribution is 0.163. The Morgan fingerprint density at radius 3 is 2.54 bits per heavy atom. The molecule has 4 nitrogen and oxygen atoms in total. The standard InChI is InChI=1S/C9H16N4/c1-8-2-3-9(12-11-8)13-6-4-10-5-7-13/h8-12H,4-7H2,1H3. The predicted octanol–water partition coefficient (Wildman–Crippen LogP) is -1.28. The molecular formula is C9H16N4. The van der Waals surface area contributed by atoms with Crippen molar-refractivity contribution in [2.75, 3.05) is 26.2 Å². The Morgan fingerprint density at radius 2 is 1.92 bits per heavy atom. The zero-order chi connectivity index (χ0) is 9.10. The highest BCUT2D eigenvalue weighted by molar-refractivity contribution is 5.15. The molecule has 4 heteroatoms. The van der Waals surface area contributed by atoms with Crippen molar-refractivity contribution in [3.8, 4) is 11.8 Å².